The van der Waals surface area contributed by atoms with E-state index in [1.54, 1.807) is 0 Å². The van der Waals surface area contributed by atoms with Crippen molar-refractivity contribution < 1.29 is 8.83 Å². The standard InChI is InChI=1S/C15H22N4O2/c1-10-8-13(11(2)20-10)15-18-17-14(21-15)9-19(3)12-4-6-16-7-5-12/h8,12,16H,4-7,9H2,1-3H3. The van der Waals surface area contributed by atoms with Crippen LogP contribution in [0.15, 0.2) is 14.9 Å². The summed E-state index contributed by atoms with van der Waals surface area (Å²) in [6, 6.07) is 2.52. The molecule has 3 rings (SSSR count). The molecular formula is C15H22N4O2. The molecule has 0 radical (unpaired) electrons. The third kappa shape index (κ3) is 3.16. The van der Waals surface area contributed by atoms with Crippen LogP contribution in [-0.2, 0) is 6.54 Å². The summed E-state index contributed by atoms with van der Waals surface area (Å²) >= 11 is 0. The van der Waals surface area contributed by atoms with Crippen molar-refractivity contribution in [3.8, 4) is 11.5 Å². The molecule has 1 N–H and O–H groups in total. The van der Waals surface area contributed by atoms with E-state index in [4.69, 9.17) is 8.83 Å². The molecule has 0 aliphatic carbocycles. The number of piperidine rings is 1. The van der Waals surface area contributed by atoms with Crippen LogP contribution in [0, 0.1) is 13.8 Å². The van der Waals surface area contributed by atoms with Gasteiger partial charge in [-0.2, -0.15) is 0 Å². The summed E-state index contributed by atoms with van der Waals surface area (Å²) in [4.78, 5) is 2.30. The Morgan fingerprint density at radius 3 is 2.67 bits per heavy atom. The van der Waals surface area contributed by atoms with Crippen molar-refractivity contribution in [1.29, 1.82) is 0 Å². The van der Waals surface area contributed by atoms with Crippen molar-refractivity contribution in [1.82, 2.24) is 20.4 Å². The SMILES string of the molecule is Cc1cc(-c2nnc(CN(C)C3CCNCC3)o2)c(C)o1. The van der Waals surface area contributed by atoms with Crippen LogP contribution < -0.4 is 5.32 Å². The molecule has 1 fully saturated rings. The zero-order valence-electron chi connectivity index (χ0n) is 12.8. The van der Waals surface area contributed by atoms with E-state index in [-0.39, 0.29) is 0 Å². The first-order valence-electron chi connectivity index (χ1n) is 7.44. The van der Waals surface area contributed by atoms with Crippen LogP contribution in [0.2, 0.25) is 0 Å². The molecule has 21 heavy (non-hydrogen) atoms. The molecule has 1 saturated heterocycles. The van der Waals surface area contributed by atoms with Crippen molar-refractivity contribution in [2.24, 2.45) is 0 Å². The van der Waals surface area contributed by atoms with Crippen LogP contribution in [0.3, 0.4) is 0 Å². The molecule has 1 aliphatic heterocycles. The van der Waals surface area contributed by atoms with Crippen LogP contribution in [-0.4, -0.2) is 41.3 Å². The Morgan fingerprint density at radius 1 is 1.24 bits per heavy atom. The molecule has 0 amide bonds. The van der Waals surface area contributed by atoms with Gasteiger partial charge in [-0.25, -0.2) is 0 Å². The van der Waals surface area contributed by atoms with Gasteiger partial charge < -0.3 is 14.2 Å². The number of rotatable bonds is 4. The van der Waals surface area contributed by atoms with Crippen molar-refractivity contribution in [3.63, 3.8) is 0 Å². The molecule has 114 valence electrons. The van der Waals surface area contributed by atoms with E-state index < -0.39 is 0 Å². The minimum absolute atomic E-state index is 0.540. The normalized spacial score (nSPS) is 16.8. The van der Waals surface area contributed by atoms with Crippen molar-refractivity contribution in [2.45, 2.75) is 39.3 Å². The zero-order chi connectivity index (χ0) is 14.8. The fraction of sp³-hybridized carbons (Fsp3) is 0.600. The van der Waals surface area contributed by atoms with E-state index in [2.05, 4.69) is 27.5 Å². The summed E-state index contributed by atoms with van der Waals surface area (Å²) < 4.78 is 11.3. The Morgan fingerprint density at radius 2 is 2.00 bits per heavy atom. The second-order valence-electron chi connectivity index (χ2n) is 5.72. The predicted octanol–water partition coefficient (Wildman–Crippen LogP) is 2.13. The van der Waals surface area contributed by atoms with Crippen LogP contribution in [0.5, 0.6) is 0 Å². The van der Waals surface area contributed by atoms with Crippen molar-refractivity contribution in [2.75, 3.05) is 20.1 Å². The number of aromatic nitrogens is 2. The topological polar surface area (TPSA) is 67.3 Å². The average Bonchev–Trinajstić information content (AvgIpc) is 3.06. The van der Waals surface area contributed by atoms with Gasteiger partial charge >= 0.3 is 0 Å². The molecule has 0 bridgehead atoms. The number of nitrogens with one attached hydrogen (secondary N) is 1. The average molecular weight is 290 g/mol. The summed E-state index contributed by atoms with van der Waals surface area (Å²) in [5.74, 6) is 2.87. The number of furan rings is 1. The second kappa shape index (κ2) is 5.99. The van der Waals surface area contributed by atoms with Gasteiger partial charge in [-0.3, -0.25) is 4.90 Å². The highest BCUT2D eigenvalue weighted by Crippen LogP contribution is 2.25. The smallest absolute Gasteiger partial charge is 0.251 e. The Kier molecular flexibility index (Phi) is 4.07. The summed E-state index contributed by atoms with van der Waals surface area (Å²) in [6.45, 7) is 6.68. The number of aryl methyl sites for hydroxylation is 2. The molecule has 2 aromatic rings. The third-order valence-corrected chi connectivity index (χ3v) is 4.05. The van der Waals surface area contributed by atoms with Gasteiger partial charge in [0.15, 0.2) is 0 Å². The molecule has 1 aliphatic rings. The maximum absolute atomic E-state index is 5.79. The number of hydrogen-bond acceptors (Lipinski definition) is 6. The molecule has 6 heteroatoms. The molecule has 0 saturated carbocycles. The third-order valence-electron chi connectivity index (χ3n) is 4.05. The van der Waals surface area contributed by atoms with Gasteiger partial charge in [-0.15, -0.1) is 10.2 Å². The van der Waals surface area contributed by atoms with Gasteiger partial charge in [0.25, 0.3) is 5.89 Å². The monoisotopic (exact) mass is 290 g/mol. The largest absolute Gasteiger partial charge is 0.466 e. The Bertz CT molecular complexity index is 599. The number of nitrogens with zero attached hydrogens (tertiary/aromatic N) is 3. The quantitative estimate of drug-likeness (QED) is 0.930. The Labute approximate surface area is 124 Å². The molecule has 0 atom stereocenters. The maximum Gasteiger partial charge on any atom is 0.251 e. The fourth-order valence-corrected chi connectivity index (χ4v) is 2.86. The van der Waals surface area contributed by atoms with Gasteiger partial charge in [-0.1, -0.05) is 0 Å². The van der Waals surface area contributed by atoms with E-state index >= 15 is 0 Å². The van der Waals surface area contributed by atoms with E-state index in [0.717, 1.165) is 43.0 Å². The molecular weight excluding hydrogens is 268 g/mol. The highest BCUT2D eigenvalue weighted by molar-refractivity contribution is 5.55. The molecule has 0 unspecified atom stereocenters. The van der Waals surface area contributed by atoms with E-state index in [1.165, 1.54) is 0 Å². The zero-order valence-corrected chi connectivity index (χ0v) is 12.8. The van der Waals surface area contributed by atoms with Crippen LogP contribution >= 0.6 is 0 Å². The Balaban J connectivity index is 1.68. The van der Waals surface area contributed by atoms with Crippen LogP contribution in [0.4, 0.5) is 0 Å². The van der Waals surface area contributed by atoms with Gasteiger partial charge in [0.2, 0.25) is 5.89 Å². The summed E-state index contributed by atoms with van der Waals surface area (Å²) in [5, 5.41) is 11.7. The lowest BCUT2D eigenvalue weighted by atomic mass is 10.1. The van der Waals surface area contributed by atoms with Gasteiger partial charge in [0, 0.05) is 6.04 Å². The van der Waals surface area contributed by atoms with Crippen LogP contribution in [0.1, 0.15) is 30.3 Å². The van der Waals surface area contributed by atoms with E-state index in [0.29, 0.717) is 24.4 Å². The lowest BCUT2D eigenvalue weighted by molar-refractivity contribution is 0.177. The predicted molar refractivity (Wildman–Crippen MR) is 78.8 cm³/mol. The van der Waals surface area contributed by atoms with Crippen molar-refractivity contribution in [3.05, 3.63) is 23.5 Å². The lowest BCUT2D eigenvalue weighted by Crippen LogP contribution is -2.40. The summed E-state index contributed by atoms with van der Waals surface area (Å²) in [6.07, 6.45) is 2.33. The molecule has 0 spiro atoms. The molecule has 6 nitrogen and oxygen atoms in total. The van der Waals surface area contributed by atoms with E-state index in [9.17, 15) is 0 Å². The Hall–Kier alpha value is -1.66. The van der Waals surface area contributed by atoms with Gasteiger partial charge in [-0.05, 0) is 52.9 Å². The minimum Gasteiger partial charge on any atom is -0.466 e. The van der Waals surface area contributed by atoms with Gasteiger partial charge in [0.1, 0.15) is 11.5 Å². The fourth-order valence-electron chi connectivity index (χ4n) is 2.86. The minimum atomic E-state index is 0.540. The van der Waals surface area contributed by atoms with Crippen molar-refractivity contribution >= 4 is 0 Å². The maximum atomic E-state index is 5.79. The summed E-state index contributed by atoms with van der Waals surface area (Å²) in [5.41, 5.74) is 0.885. The first kappa shape index (κ1) is 14.3. The second-order valence-corrected chi connectivity index (χ2v) is 5.72. The first-order valence-corrected chi connectivity index (χ1v) is 7.44. The molecule has 2 aromatic heterocycles. The highest BCUT2D eigenvalue weighted by Gasteiger charge is 2.20. The highest BCUT2D eigenvalue weighted by atomic mass is 16.4. The number of hydrogen-bond donors (Lipinski definition) is 1. The van der Waals surface area contributed by atoms with Crippen LogP contribution in [0.25, 0.3) is 11.5 Å². The molecule has 0 aromatic carbocycles. The lowest BCUT2D eigenvalue weighted by Gasteiger charge is -2.30. The molecule has 3 heterocycles. The summed E-state index contributed by atoms with van der Waals surface area (Å²) in [7, 11) is 2.12. The van der Waals surface area contributed by atoms with E-state index in [1.807, 2.05) is 19.9 Å². The first-order chi connectivity index (χ1) is 10.1. The van der Waals surface area contributed by atoms with Gasteiger partial charge in [0.05, 0.1) is 12.1 Å².